The second kappa shape index (κ2) is 5.99. The van der Waals surface area contributed by atoms with Gasteiger partial charge in [-0.15, -0.1) is 0 Å². The van der Waals surface area contributed by atoms with Crippen LogP contribution in [0.4, 0.5) is 0 Å². The van der Waals surface area contributed by atoms with E-state index in [9.17, 15) is 9.59 Å². The van der Waals surface area contributed by atoms with Crippen molar-refractivity contribution >= 4 is 33.3 Å². The Kier molecular flexibility index (Phi) is 3.79. The standard InChI is InChI=1S/C22H20O3/c1-13(23)15-7-8-18-10-19-9-16-5-3-4-6-17(16)12-21(19)22(20(18)11-15)25-14(2)24/h3-6,9-10,12,15H,7-8,11H2,1-2H3. The van der Waals surface area contributed by atoms with E-state index in [1.807, 2.05) is 12.1 Å². The summed E-state index contributed by atoms with van der Waals surface area (Å²) in [6, 6.07) is 14.6. The van der Waals surface area contributed by atoms with Crippen molar-refractivity contribution in [3.63, 3.8) is 0 Å². The Morgan fingerprint density at radius 3 is 2.40 bits per heavy atom. The van der Waals surface area contributed by atoms with Crippen LogP contribution in [0.25, 0.3) is 21.5 Å². The lowest BCUT2D eigenvalue weighted by atomic mass is 9.80. The van der Waals surface area contributed by atoms with Crippen LogP contribution in [-0.4, -0.2) is 11.8 Å². The molecule has 0 fully saturated rings. The summed E-state index contributed by atoms with van der Waals surface area (Å²) in [5.41, 5.74) is 2.21. The fourth-order valence-corrected chi connectivity index (χ4v) is 3.89. The van der Waals surface area contributed by atoms with Crippen LogP contribution in [0.15, 0.2) is 42.5 Å². The minimum absolute atomic E-state index is 0.0136. The third kappa shape index (κ3) is 2.80. The van der Waals surface area contributed by atoms with Gasteiger partial charge in [-0.3, -0.25) is 9.59 Å². The van der Waals surface area contributed by atoms with E-state index < -0.39 is 0 Å². The molecule has 0 heterocycles. The molecule has 0 radical (unpaired) electrons. The molecule has 0 N–H and O–H groups in total. The van der Waals surface area contributed by atoms with E-state index in [4.69, 9.17) is 4.74 Å². The Labute approximate surface area is 146 Å². The average molecular weight is 332 g/mol. The van der Waals surface area contributed by atoms with Crippen molar-refractivity contribution in [3.05, 3.63) is 53.6 Å². The summed E-state index contributed by atoms with van der Waals surface area (Å²) < 4.78 is 5.65. The number of hydrogen-bond donors (Lipinski definition) is 0. The van der Waals surface area contributed by atoms with Gasteiger partial charge in [-0.2, -0.15) is 0 Å². The molecule has 0 spiro atoms. The summed E-state index contributed by atoms with van der Waals surface area (Å²) in [6.45, 7) is 3.08. The SMILES string of the molecule is CC(=O)Oc1c2c(cc3cc4ccccc4cc13)CCC(C(C)=O)C2. The molecule has 3 nitrogen and oxygen atoms in total. The Balaban J connectivity index is 2.00. The van der Waals surface area contributed by atoms with Gasteiger partial charge in [0.25, 0.3) is 0 Å². The molecule has 1 aliphatic carbocycles. The zero-order valence-corrected chi connectivity index (χ0v) is 14.5. The van der Waals surface area contributed by atoms with Gasteiger partial charge < -0.3 is 4.74 Å². The number of ketones is 1. The van der Waals surface area contributed by atoms with Crippen LogP contribution in [0.2, 0.25) is 0 Å². The highest BCUT2D eigenvalue weighted by atomic mass is 16.5. The number of esters is 1. The number of benzene rings is 3. The Bertz CT molecular complexity index is 1020. The molecule has 0 saturated carbocycles. The van der Waals surface area contributed by atoms with Gasteiger partial charge in [0, 0.05) is 18.2 Å². The topological polar surface area (TPSA) is 43.4 Å². The predicted octanol–water partition coefficient (Wildman–Crippen LogP) is 4.61. The summed E-state index contributed by atoms with van der Waals surface area (Å²) in [6.07, 6.45) is 2.35. The molecule has 0 amide bonds. The lowest BCUT2D eigenvalue weighted by Crippen LogP contribution is -2.21. The largest absolute Gasteiger partial charge is 0.426 e. The van der Waals surface area contributed by atoms with Crippen LogP contribution in [0.5, 0.6) is 5.75 Å². The predicted molar refractivity (Wildman–Crippen MR) is 99.0 cm³/mol. The van der Waals surface area contributed by atoms with Crippen LogP contribution < -0.4 is 4.74 Å². The molecule has 3 aromatic carbocycles. The van der Waals surface area contributed by atoms with Crippen molar-refractivity contribution < 1.29 is 14.3 Å². The van der Waals surface area contributed by atoms with E-state index in [2.05, 4.69) is 30.3 Å². The second-order valence-corrected chi connectivity index (χ2v) is 6.91. The zero-order chi connectivity index (χ0) is 17.6. The molecule has 126 valence electrons. The van der Waals surface area contributed by atoms with Crippen molar-refractivity contribution in [1.82, 2.24) is 0 Å². The van der Waals surface area contributed by atoms with Crippen LogP contribution in [0.3, 0.4) is 0 Å². The number of carbonyl (C=O) groups excluding carboxylic acids is 2. The number of aryl methyl sites for hydroxylation is 1. The Morgan fingerprint density at radius 2 is 1.72 bits per heavy atom. The zero-order valence-electron chi connectivity index (χ0n) is 14.5. The number of ether oxygens (including phenoxy) is 1. The van der Waals surface area contributed by atoms with E-state index >= 15 is 0 Å². The maximum absolute atomic E-state index is 11.9. The molecule has 0 aliphatic heterocycles. The van der Waals surface area contributed by atoms with Gasteiger partial charge in [0.1, 0.15) is 11.5 Å². The number of hydrogen-bond acceptors (Lipinski definition) is 3. The van der Waals surface area contributed by atoms with E-state index in [-0.39, 0.29) is 17.7 Å². The molecule has 0 aromatic heterocycles. The highest BCUT2D eigenvalue weighted by Crippen LogP contribution is 2.40. The lowest BCUT2D eigenvalue weighted by molar-refractivity contribution is -0.131. The lowest BCUT2D eigenvalue weighted by Gasteiger charge is -2.26. The molecule has 4 rings (SSSR count). The van der Waals surface area contributed by atoms with Gasteiger partial charge in [0.2, 0.25) is 0 Å². The maximum atomic E-state index is 11.9. The van der Waals surface area contributed by atoms with Crippen LogP contribution >= 0.6 is 0 Å². The molecule has 1 unspecified atom stereocenters. The highest BCUT2D eigenvalue weighted by Gasteiger charge is 2.27. The van der Waals surface area contributed by atoms with Crippen molar-refractivity contribution in [1.29, 1.82) is 0 Å². The van der Waals surface area contributed by atoms with Gasteiger partial charge in [0.05, 0.1) is 0 Å². The number of carbonyl (C=O) groups is 2. The molecule has 25 heavy (non-hydrogen) atoms. The van der Waals surface area contributed by atoms with Crippen LogP contribution in [-0.2, 0) is 22.4 Å². The number of fused-ring (bicyclic) bond motifs is 3. The molecule has 1 aliphatic rings. The highest BCUT2D eigenvalue weighted by molar-refractivity contribution is 6.02. The first-order chi connectivity index (χ1) is 12.0. The third-order valence-electron chi connectivity index (χ3n) is 5.19. The van der Waals surface area contributed by atoms with E-state index in [0.29, 0.717) is 12.2 Å². The summed E-state index contributed by atoms with van der Waals surface area (Å²) in [4.78, 5) is 23.6. The summed E-state index contributed by atoms with van der Waals surface area (Å²) in [5, 5.41) is 4.30. The monoisotopic (exact) mass is 332 g/mol. The fourth-order valence-electron chi connectivity index (χ4n) is 3.89. The summed E-state index contributed by atoms with van der Waals surface area (Å²) >= 11 is 0. The van der Waals surface area contributed by atoms with E-state index in [0.717, 1.165) is 34.6 Å². The molecular weight excluding hydrogens is 312 g/mol. The second-order valence-electron chi connectivity index (χ2n) is 6.91. The molecule has 3 aromatic rings. The van der Waals surface area contributed by atoms with E-state index in [1.165, 1.54) is 17.9 Å². The average Bonchev–Trinajstić information content (AvgIpc) is 2.59. The number of rotatable bonds is 2. The molecule has 0 bridgehead atoms. The van der Waals surface area contributed by atoms with Gasteiger partial charge in [-0.1, -0.05) is 30.3 Å². The van der Waals surface area contributed by atoms with Gasteiger partial charge >= 0.3 is 5.97 Å². The minimum atomic E-state index is -0.326. The normalized spacial score (nSPS) is 16.6. The smallest absolute Gasteiger partial charge is 0.308 e. The minimum Gasteiger partial charge on any atom is -0.426 e. The van der Waals surface area contributed by atoms with Crippen LogP contribution in [0.1, 0.15) is 31.4 Å². The maximum Gasteiger partial charge on any atom is 0.308 e. The molecular formula is C22H20O3. The van der Waals surface area contributed by atoms with Crippen molar-refractivity contribution in [2.45, 2.75) is 33.1 Å². The first-order valence-corrected chi connectivity index (χ1v) is 8.69. The van der Waals surface area contributed by atoms with E-state index in [1.54, 1.807) is 6.92 Å². The third-order valence-corrected chi connectivity index (χ3v) is 5.19. The van der Waals surface area contributed by atoms with Gasteiger partial charge in [-0.25, -0.2) is 0 Å². The Morgan fingerprint density at radius 1 is 1.00 bits per heavy atom. The van der Waals surface area contributed by atoms with Crippen molar-refractivity contribution in [2.24, 2.45) is 5.92 Å². The quantitative estimate of drug-likeness (QED) is 0.391. The Hall–Kier alpha value is -2.68. The van der Waals surface area contributed by atoms with Crippen molar-refractivity contribution in [2.75, 3.05) is 0 Å². The first kappa shape index (κ1) is 15.8. The fraction of sp³-hybridized carbons (Fsp3) is 0.273. The number of Topliss-reactive ketones (excluding diaryl/α,β-unsaturated/α-hetero) is 1. The first-order valence-electron chi connectivity index (χ1n) is 8.69. The summed E-state index contributed by atoms with van der Waals surface area (Å²) in [5.74, 6) is 0.530. The molecule has 0 saturated heterocycles. The van der Waals surface area contributed by atoms with Gasteiger partial charge in [-0.05, 0) is 65.6 Å². The molecule has 1 atom stereocenters. The summed E-state index contributed by atoms with van der Waals surface area (Å²) in [7, 11) is 0. The van der Waals surface area contributed by atoms with Gasteiger partial charge in [0.15, 0.2) is 0 Å². The molecule has 3 heteroatoms. The van der Waals surface area contributed by atoms with Crippen LogP contribution in [0, 0.1) is 5.92 Å². The van der Waals surface area contributed by atoms with Crippen molar-refractivity contribution in [3.8, 4) is 5.75 Å².